The van der Waals surface area contributed by atoms with Gasteiger partial charge in [-0.15, -0.1) is 0 Å². The Bertz CT molecular complexity index is 656. The second kappa shape index (κ2) is 6.95. The lowest BCUT2D eigenvalue weighted by atomic mass is 10.1. The summed E-state index contributed by atoms with van der Waals surface area (Å²) in [5.74, 6) is -0.250. The van der Waals surface area contributed by atoms with E-state index in [0.29, 0.717) is 22.8 Å². The molecule has 0 fully saturated rings. The molecule has 0 unspecified atom stereocenters. The fourth-order valence-corrected chi connectivity index (χ4v) is 1.97. The number of Topliss-reactive ketones (excluding diaryl/α,β-unsaturated/α-hetero) is 1. The first kappa shape index (κ1) is 15.1. The van der Waals surface area contributed by atoms with Crippen molar-refractivity contribution in [3.8, 4) is 0 Å². The molecule has 108 valence electrons. The molecule has 0 aliphatic heterocycles. The predicted octanol–water partition coefficient (Wildman–Crippen LogP) is 3.51. The molecule has 3 nitrogen and oxygen atoms in total. The average Bonchev–Trinajstić information content (AvgIpc) is 2.47. The maximum atomic E-state index is 13.5. The maximum absolute atomic E-state index is 13.5. The van der Waals surface area contributed by atoms with Crippen LogP contribution in [0.1, 0.15) is 22.8 Å². The van der Waals surface area contributed by atoms with E-state index in [1.165, 1.54) is 13.0 Å². The highest BCUT2D eigenvalue weighted by Gasteiger charge is 2.03. The lowest BCUT2D eigenvalue weighted by molar-refractivity contribution is 0.101. The summed E-state index contributed by atoms with van der Waals surface area (Å²) < 4.78 is 13.5. The summed E-state index contributed by atoms with van der Waals surface area (Å²) in [6.07, 6.45) is 0. The van der Waals surface area contributed by atoms with Crippen molar-refractivity contribution in [3.63, 3.8) is 0 Å². The Hall–Kier alpha value is -2.27. The first-order valence-electron chi connectivity index (χ1n) is 6.45. The minimum absolute atomic E-state index is 0.0156. The number of nitrogens with one attached hydrogen (secondary N) is 2. The van der Waals surface area contributed by atoms with Crippen molar-refractivity contribution in [2.45, 2.75) is 13.5 Å². The lowest BCUT2D eigenvalue weighted by Gasteiger charge is -2.11. The summed E-state index contributed by atoms with van der Waals surface area (Å²) in [5.41, 5.74) is 1.96. The third-order valence-electron chi connectivity index (χ3n) is 2.95. The Morgan fingerprint density at radius 3 is 2.43 bits per heavy atom. The van der Waals surface area contributed by atoms with Crippen LogP contribution in [0, 0.1) is 5.82 Å². The highest BCUT2D eigenvalue weighted by molar-refractivity contribution is 7.80. The van der Waals surface area contributed by atoms with Crippen molar-refractivity contribution in [2.75, 3.05) is 5.32 Å². The Kier molecular flexibility index (Phi) is 5.00. The van der Waals surface area contributed by atoms with E-state index in [-0.39, 0.29) is 11.6 Å². The zero-order valence-corrected chi connectivity index (χ0v) is 12.3. The van der Waals surface area contributed by atoms with Gasteiger partial charge in [0.2, 0.25) is 0 Å². The molecule has 0 radical (unpaired) electrons. The molecule has 2 aromatic rings. The monoisotopic (exact) mass is 302 g/mol. The minimum Gasteiger partial charge on any atom is -0.358 e. The second-order valence-electron chi connectivity index (χ2n) is 4.53. The van der Waals surface area contributed by atoms with Crippen LogP contribution in [0.4, 0.5) is 10.1 Å². The average molecular weight is 302 g/mol. The van der Waals surface area contributed by atoms with Gasteiger partial charge in [-0.25, -0.2) is 4.39 Å². The number of hydrogen-bond acceptors (Lipinski definition) is 2. The van der Waals surface area contributed by atoms with Crippen molar-refractivity contribution in [1.82, 2.24) is 5.32 Å². The number of hydrogen-bond donors (Lipinski definition) is 2. The smallest absolute Gasteiger partial charge is 0.171 e. The highest BCUT2D eigenvalue weighted by Crippen LogP contribution is 2.10. The standard InChI is InChI=1S/C16H15FN2OS/c1-11(20)12-6-8-14(9-7-12)19-16(21)18-10-13-4-2-3-5-15(13)17/h2-9H,10H2,1H3,(H2,18,19,21). The van der Waals surface area contributed by atoms with E-state index in [1.54, 1.807) is 42.5 Å². The summed E-state index contributed by atoms with van der Waals surface area (Å²) in [7, 11) is 0. The van der Waals surface area contributed by atoms with Crippen LogP contribution < -0.4 is 10.6 Å². The Labute approximate surface area is 128 Å². The van der Waals surface area contributed by atoms with E-state index in [1.807, 2.05) is 0 Å². The number of benzene rings is 2. The molecule has 0 aliphatic carbocycles. The first-order valence-corrected chi connectivity index (χ1v) is 6.86. The minimum atomic E-state index is -0.265. The molecule has 0 atom stereocenters. The summed E-state index contributed by atoms with van der Waals surface area (Å²) in [4.78, 5) is 11.2. The number of carbonyl (C=O) groups excluding carboxylic acids is 1. The highest BCUT2D eigenvalue weighted by atomic mass is 32.1. The van der Waals surface area contributed by atoms with Gasteiger partial charge in [0.25, 0.3) is 0 Å². The van der Waals surface area contributed by atoms with E-state index in [0.717, 1.165) is 5.69 Å². The van der Waals surface area contributed by atoms with E-state index < -0.39 is 0 Å². The van der Waals surface area contributed by atoms with Gasteiger partial charge >= 0.3 is 0 Å². The quantitative estimate of drug-likeness (QED) is 0.670. The van der Waals surface area contributed by atoms with Gasteiger partial charge in [0.05, 0.1) is 0 Å². The molecular weight excluding hydrogens is 287 g/mol. The van der Waals surface area contributed by atoms with Gasteiger partial charge in [0.1, 0.15) is 5.82 Å². The summed E-state index contributed by atoms with van der Waals surface area (Å²) in [5, 5.41) is 6.32. The van der Waals surface area contributed by atoms with Crippen LogP contribution in [-0.4, -0.2) is 10.9 Å². The SMILES string of the molecule is CC(=O)c1ccc(NC(=S)NCc2ccccc2F)cc1. The van der Waals surface area contributed by atoms with Gasteiger partial charge in [-0.1, -0.05) is 18.2 Å². The number of anilines is 1. The van der Waals surface area contributed by atoms with E-state index in [2.05, 4.69) is 10.6 Å². The molecule has 2 N–H and O–H groups in total. The molecule has 0 spiro atoms. The summed E-state index contributed by atoms with van der Waals surface area (Å²) in [6.45, 7) is 1.83. The fraction of sp³-hybridized carbons (Fsp3) is 0.125. The molecule has 5 heteroatoms. The normalized spacial score (nSPS) is 10.0. The number of halogens is 1. The van der Waals surface area contributed by atoms with E-state index in [9.17, 15) is 9.18 Å². The third-order valence-corrected chi connectivity index (χ3v) is 3.19. The van der Waals surface area contributed by atoms with Crippen LogP contribution in [0.15, 0.2) is 48.5 Å². The number of thiocarbonyl (C=S) groups is 1. The molecule has 2 aromatic carbocycles. The molecule has 0 bridgehead atoms. The third kappa shape index (κ3) is 4.36. The van der Waals surface area contributed by atoms with Crippen molar-refractivity contribution in [1.29, 1.82) is 0 Å². The van der Waals surface area contributed by atoms with Gasteiger partial charge in [-0.05, 0) is 49.5 Å². The molecule has 2 rings (SSSR count). The zero-order valence-electron chi connectivity index (χ0n) is 11.5. The molecule has 0 amide bonds. The largest absolute Gasteiger partial charge is 0.358 e. The van der Waals surface area contributed by atoms with Crippen LogP contribution in [0.2, 0.25) is 0 Å². The Morgan fingerprint density at radius 2 is 1.81 bits per heavy atom. The molecule has 0 aliphatic rings. The molecule has 0 saturated heterocycles. The fourth-order valence-electron chi connectivity index (χ4n) is 1.78. The summed E-state index contributed by atoms with van der Waals surface area (Å²) in [6, 6.07) is 13.5. The van der Waals surface area contributed by atoms with Crippen LogP contribution >= 0.6 is 12.2 Å². The lowest BCUT2D eigenvalue weighted by Crippen LogP contribution is -2.28. The molecule has 21 heavy (non-hydrogen) atoms. The molecule has 0 aromatic heterocycles. The first-order chi connectivity index (χ1) is 10.1. The van der Waals surface area contributed by atoms with Gasteiger partial charge < -0.3 is 10.6 Å². The Morgan fingerprint density at radius 1 is 1.14 bits per heavy atom. The predicted molar refractivity (Wildman–Crippen MR) is 85.9 cm³/mol. The van der Waals surface area contributed by atoms with Crippen LogP contribution in [-0.2, 0) is 6.54 Å². The van der Waals surface area contributed by atoms with Gasteiger partial charge in [-0.2, -0.15) is 0 Å². The molecule has 0 saturated carbocycles. The van der Waals surface area contributed by atoms with Crippen molar-refractivity contribution in [3.05, 3.63) is 65.5 Å². The van der Waals surface area contributed by atoms with E-state index >= 15 is 0 Å². The van der Waals surface area contributed by atoms with Crippen LogP contribution in [0.5, 0.6) is 0 Å². The number of rotatable bonds is 4. The van der Waals surface area contributed by atoms with Crippen LogP contribution in [0.25, 0.3) is 0 Å². The topological polar surface area (TPSA) is 41.1 Å². The van der Waals surface area contributed by atoms with Crippen molar-refractivity contribution in [2.24, 2.45) is 0 Å². The van der Waals surface area contributed by atoms with Gasteiger partial charge in [0.15, 0.2) is 10.9 Å². The van der Waals surface area contributed by atoms with Crippen molar-refractivity contribution >= 4 is 28.8 Å². The number of carbonyl (C=O) groups is 1. The molecule has 0 heterocycles. The van der Waals surface area contributed by atoms with Crippen LogP contribution in [0.3, 0.4) is 0 Å². The zero-order chi connectivity index (χ0) is 15.2. The van der Waals surface area contributed by atoms with Crippen molar-refractivity contribution < 1.29 is 9.18 Å². The Balaban J connectivity index is 1.90. The van der Waals surface area contributed by atoms with Gasteiger partial charge in [-0.3, -0.25) is 4.79 Å². The van der Waals surface area contributed by atoms with E-state index in [4.69, 9.17) is 12.2 Å². The maximum Gasteiger partial charge on any atom is 0.171 e. The van der Waals surface area contributed by atoms with Gasteiger partial charge in [0, 0.05) is 23.4 Å². The second-order valence-corrected chi connectivity index (χ2v) is 4.94. The number of ketones is 1. The summed E-state index contributed by atoms with van der Waals surface area (Å²) >= 11 is 5.15. The molecular formula is C16H15FN2OS.